The molecule has 88 valence electrons. The Labute approximate surface area is 97.8 Å². The lowest BCUT2D eigenvalue weighted by molar-refractivity contribution is -0.119. The molecule has 3 amide bonds. The van der Waals surface area contributed by atoms with Crippen molar-refractivity contribution in [1.29, 1.82) is 0 Å². The molecule has 0 radical (unpaired) electrons. The van der Waals surface area contributed by atoms with Gasteiger partial charge in [0.2, 0.25) is 5.91 Å². The number of imidazole rings is 1. The maximum Gasteiger partial charge on any atom is 0.321 e. The van der Waals surface area contributed by atoms with Crippen LogP contribution < -0.4 is 10.6 Å². The molecule has 0 fully saturated rings. The van der Waals surface area contributed by atoms with E-state index in [1.54, 1.807) is 19.3 Å². The van der Waals surface area contributed by atoms with Crippen LogP contribution in [0.4, 0.5) is 4.79 Å². The molecule has 0 bridgehead atoms. The van der Waals surface area contributed by atoms with Crippen LogP contribution in [0.25, 0.3) is 0 Å². The maximum absolute atomic E-state index is 11.5. The molecule has 1 heterocycles. The Morgan fingerprint density at radius 2 is 2.25 bits per heavy atom. The second-order valence-corrected chi connectivity index (χ2v) is 4.46. The van der Waals surface area contributed by atoms with Crippen LogP contribution >= 0.6 is 11.8 Å². The van der Waals surface area contributed by atoms with Crippen molar-refractivity contribution in [3.63, 3.8) is 0 Å². The standard InChI is InChI=1S/C9H14N4O2S/c1-6(7(14)12-8(15)10-2)16-9-11-4-5-13(9)3/h4-6H,1-3H3,(H2,10,12,14,15). The zero-order valence-corrected chi connectivity index (χ0v) is 10.2. The van der Waals surface area contributed by atoms with E-state index < -0.39 is 6.03 Å². The van der Waals surface area contributed by atoms with Crippen molar-refractivity contribution < 1.29 is 9.59 Å². The molecule has 0 spiro atoms. The summed E-state index contributed by atoms with van der Waals surface area (Å²) in [7, 11) is 3.30. The number of aryl methyl sites for hydroxylation is 1. The fraction of sp³-hybridized carbons (Fsp3) is 0.444. The lowest BCUT2D eigenvalue weighted by Gasteiger charge is -2.10. The number of aromatic nitrogens is 2. The summed E-state index contributed by atoms with van der Waals surface area (Å²) in [6.45, 7) is 1.72. The first-order chi connectivity index (χ1) is 7.54. The number of urea groups is 1. The van der Waals surface area contributed by atoms with Gasteiger partial charge in [-0.3, -0.25) is 10.1 Å². The van der Waals surface area contributed by atoms with Crippen LogP contribution in [0.1, 0.15) is 6.92 Å². The summed E-state index contributed by atoms with van der Waals surface area (Å²) in [5.41, 5.74) is 0. The zero-order chi connectivity index (χ0) is 12.1. The lowest BCUT2D eigenvalue weighted by atomic mass is 10.4. The quantitative estimate of drug-likeness (QED) is 0.750. The SMILES string of the molecule is CNC(=O)NC(=O)C(C)Sc1nccn1C. The summed E-state index contributed by atoms with van der Waals surface area (Å²) in [5, 5.41) is 4.89. The van der Waals surface area contributed by atoms with Crippen LogP contribution in [0.3, 0.4) is 0 Å². The Balaban J connectivity index is 2.52. The van der Waals surface area contributed by atoms with Crippen molar-refractivity contribution in [3.8, 4) is 0 Å². The maximum atomic E-state index is 11.5. The molecule has 7 heteroatoms. The first-order valence-electron chi connectivity index (χ1n) is 4.71. The van der Waals surface area contributed by atoms with Gasteiger partial charge in [-0.15, -0.1) is 0 Å². The molecular weight excluding hydrogens is 228 g/mol. The molecule has 0 aliphatic carbocycles. The Morgan fingerprint density at radius 1 is 1.56 bits per heavy atom. The van der Waals surface area contributed by atoms with Crippen LogP contribution in [0, 0.1) is 0 Å². The van der Waals surface area contributed by atoms with Gasteiger partial charge in [0.25, 0.3) is 0 Å². The Bertz CT molecular complexity index is 391. The van der Waals surface area contributed by atoms with E-state index in [0.717, 1.165) is 5.16 Å². The Kier molecular flexibility index (Phi) is 4.36. The third-order valence-corrected chi connectivity index (χ3v) is 3.06. The first kappa shape index (κ1) is 12.6. The highest BCUT2D eigenvalue weighted by Gasteiger charge is 2.18. The number of rotatable bonds is 3. The molecule has 0 aliphatic rings. The smallest absolute Gasteiger partial charge is 0.321 e. The molecule has 6 nitrogen and oxygen atoms in total. The highest BCUT2D eigenvalue weighted by molar-refractivity contribution is 8.00. The van der Waals surface area contributed by atoms with Gasteiger partial charge in [-0.05, 0) is 6.92 Å². The van der Waals surface area contributed by atoms with Gasteiger partial charge in [-0.1, -0.05) is 11.8 Å². The van der Waals surface area contributed by atoms with Crippen molar-refractivity contribution in [2.75, 3.05) is 7.05 Å². The predicted molar refractivity (Wildman–Crippen MR) is 61.1 cm³/mol. The molecule has 16 heavy (non-hydrogen) atoms. The van der Waals surface area contributed by atoms with Gasteiger partial charge in [0.05, 0.1) is 5.25 Å². The van der Waals surface area contributed by atoms with E-state index in [1.807, 2.05) is 11.6 Å². The summed E-state index contributed by atoms with van der Waals surface area (Å²) in [6.07, 6.45) is 3.46. The minimum atomic E-state index is -0.503. The third kappa shape index (κ3) is 3.27. The molecule has 0 saturated carbocycles. The van der Waals surface area contributed by atoms with E-state index in [0.29, 0.717) is 0 Å². The summed E-state index contributed by atoms with van der Waals surface area (Å²) in [5.74, 6) is -0.340. The first-order valence-corrected chi connectivity index (χ1v) is 5.59. The van der Waals surface area contributed by atoms with E-state index in [-0.39, 0.29) is 11.2 Å². The summed E-state index contributed by atoms with van der Waals surface area (Å²) in [4.78, 5) is 26.5. The largest absolute Gasteiger partial charge is 0.341 e. The van der Waals surface area contributed by atoms with Crippen molar-refractivity contribution in [3.05, 3.63) is 12.4 Å². The zero-order valence-electron chi connectivity index (χ0n) is 9.35. The van der Waals surface area contributed by atoms with Crippen LogP contribution in [-0.4, -0.2) is 33.8 Å². The number of carbonyl (C=O) groups excluding carboxylic acids is 2. The fourth-order valence-corrected chi connectivity index (χ4v) is 1.78. The number of hydrogen-bond donors (Lipinski definition) is 2. The third-order valence-electron chi connectivity index (χ3n) is 1.89. The fourth-order valence-electron chi connectivity index (χ4n) is 0.953. The van der Waals surface area contributed by atoms with Gasteiger partial charge >= 0.3 is 6.03 Å². The average molecular weight is 242 g/mol. The molecule has 1 unspecified atom stereocenters. The van der Waals surface area contributed by atoms with E-state index in [4.69, 9.17) is 0 Å². The summed E-state index contributed by atoms with van der Waals surface area (Å²) >= 11 is 1.30. The van der Waals surface area contributed by atoms with Gasteiger partial charge in [0.15, 0.2) is 5.16 Å². The second kappa shape index (κ2) is 5.55. The molecular formula is C9H14N4O2S. The van der Waals surface area contributed by atoms with Crippen LogP contribution in [-0.2, 0) is 11.8 Å². The van der Waals surface area contributed by atoms with Crippen molar-refractivity contribution >= 4 is 23.7 Å². The van der Waals surface area contributed by atoms with E-state index >= 15 is 0 Å². The molecule has 0 aliphatic heterocycles. The van der Waals surface area contributed by atoms with Gasteiger partial charge in [-0.2, -0.15) is 0 Å². The number of carbonyl (C=O) groups is 2. The normalized spacial score (nSPS) is 11.9. The molecule has 0 saturated heterocycles. The predicted octanol–water partition coefficient (Wildman–Crippen LogP) is 0.356. The van der Waals surface area contributed by atoms with Gasteiger partial charge < -0.3 is 9.88 Å². The molecule has 2 N–H and O–H groups in total. The minimum Gasteiger partial charge on any atom is -0.341 e. The van der Waals surface area contributed by atoms with Crippen molar-refractivity contribution in [2.45, 2.75) is 17.3 Å². The van der Waals surface area contributed by atoms with Gasteiger partial charge in [-0.25, -0.2) is 9.78 Å². The highest BCUT2D eigenvalue weighted by atomic mass is 32.2. The molecule has 1 atom stereocenters. The Morgan fingerprint density at radius 3 is 2.75 bits per heavy atom. The molecule has 1 aromatic rings. The van der Waals surface area contributed by atoms with E-state index in [2.05, 4.69) is 15.6 Å². The number of nitrogens with zero attached hydrogens (tertiary/aromatic N) is 2. The van der Waals surface area contributed by atoms with E-state index in [9.17, 15) is 9.59 Å². The molecule has 1 aromatic heterocycles. The number of amides is 3. The number of nitrogens with one attached hydrogen (secondary N) is 2. The molecule has 1 rings (SSSR count). The molecule has 0 aromatic carbocycles. The highest BCUT2D eigenvalue weighted by Crippen LogP contribution is 2.20. The summed E-state index contributed by atoms with van der Waals surface area (Å²) < 4.78 is 1.81. The van der Waals surface area contributed by atoms with Crippen LogP contribution in [0.2, 0.25) is 0 Å². The van der Waals surface area contributed by atoms with Crippen LogP contribution in [0.15, 0.2) is 17.6 Å². The van der Waals surface area contributed by atoms with Crippen molar-refractivity contribution in [2.24, 2.45) is 7.05 Å². The van der Waals surface area contributed by atoms with E-state index in [1.165, 1.54) is 18.8 Å². The second-order valence-electron chi connectivity index (χ2n) is 3.15. The number of hydrogen-bond acceptors (Lipinski definition) is 4. The summed E-state index contributed by atoms with van der Waals surface area (Å²) in [6, 6.07) is -0.503. The van der Waals surface area contributed by atoms with Crippen LogP contribution in [0.5, 0.6) is 0 Å². The van der Waals surface area contributed by atoms with Gasteiger partial charge in [0.1, 0.15) is 0 Å². The average Bonchev–Trinajstić information content (AvgIpc) is 2.64. The lowest BCUT2D eigenvalue weighted by Crippen LogP contribution is -2.41. The minimum absolute atomic E-state index is 0.340. The number of thioether (sulfide) groups is 1. The monoisotopic (exact) mass is 242 g/mol. The number of imide groups is 1. The van der Waals surface area contributed by atoms with Gasteiger partial charge in [0, 0.05) is 26.5 Å². The van der Waals surface area contributed by atoms with Crippen molar-refractivity contribution in [1.82, 2.24) is 20.2 Å². The Hall–Kier alpha value is -1.50. The topological polar surface area (TPSA) is 76.0 Å².